The molecule has 0 aromatic carbocycles. The van der Waals surface area contributed by atoms with E-state index in [1.54, 1.807) is 6.20 Å². The summed E-state index contributed by atoms with van der Waals surface area (Å²) in [7, 11) is 0. The summed E-state index contributed by atoms with van der Waals surface area (Å²) in [5, 5.41) is 12.3. The minimum Gasteiger partial charge on any atom is -0.375 e. The van der Waals surface area contributed by atoms with Crippen molar-refractivity contribution in [3.8, 4) is 11.4 Å². The molecule has 2 heterocycles. The quantitative estimate of drug-likeness (QED) is 0.648. The van der Waals surface area contributed by atoms with Crippen LogP contribution in [0.15, 0.2) is 11.6 Å². The van der Waals surface area contributed by atoms with Crippen LogP contribution in [-0.4, -0.2) is 20.4 Å². The van der Waals surface area contributed by atoms with Gasteiger partial charge in [0, 0.05) is 5.38 Å². The minimum atomic E-state index is 0.544. The molecule has 0 aliphatic heterocycles. The molecule has 0 amide bonds. The van der Waals surface area contributed by atoms with Gasteiger partial charge in [0.1, 0.15) is 11.4 Å². The van der Waals surface area contributed by atoms with Gasteiger partial charge in [0.2, 0.25) is 0 Å². The average molecular weight is 167 g/mol. The minimum absolute atomic E-state index is 0.544. The summed E-state index contributed by atoms with van der Waals surface area (Å²) >= 11 is 1.39. The second kappa shape index (κ2) is 2.31. The molecule has 11 heavy (non-hydrogen) atoms. The summed E-state index contributed by atoms with van der Waals surface area (Å²) in [6, 6.07) is 0. The van der Waals surface area contributed by atoms with Crippen molar-refractivity contribution in [3.63, 3.8) is 0 Å². The Labute approximate surface area is 66.3 Å². The summed E-state index contributed by atoms with van der Waals surface area (Å²) in [6.45, 7) is 0. The monoisotopic (exact) mass is 167 g/mol. The van der Waals surface area contributed by atoms with E-state index >= 15 is 0 Å². The van der Waals surface area contributed by atoms with Crippen LogP contribution < -0.4 is 5.73 Å². The normalized spacial score (nSPS) is 10.2. The fraction of sp³-hybridized carbons (Fsp3) is 0. The molecule has 0 saturated carbocycles. The second-order valence-corrected chi connectivity index (χ2v) is 2.82. The molecule has 0 saturated heterocycles. The van der Waals surface area contributed by atoms with Crippen LogP contribution in [0.5, 0.6) is 0 Å². The van der Waals surface area contributed by atoms with E-state index in [-0.39, 0.29) is 0 Å². The Hall–Kier alpha value is -1.43. The van der Waals surface area contributed by atoms with Crippen molar-refractivity contribution < 1.29 is 0 Å². The first-order valence-electron chi connectivity index (χ1n) is 2.94. The van der Waals surface area contributed by atoms with Gasteiger partial charge < -0.3 is 5.73 Å². The Kier molecular flexibility index (Phi) is 1.32. The maximum atomic E-state index is 5.43. The zero-order valence-corrected chi connectivity index (χ0v) is 6.30. The number of anilines is 1. The predicted molar refractivity (Wildman–Crippen MR) is 41.9 cm³/mol. The van der Waals surface area contributed by atoms with Gasteiger partial charge in [0.15, 0.2) is 5.13 Å². The molecule has 0 aliphatic rings. The highest BCUT2D eigenvalue weighted by Gasteiger charge is 2.03. The number of hydrogen-bond donors (Lipinski definition) is 2. The lowest BCUT2D eigenvalue weighted by Crippen LogP contribution is -1.82. The van der Waals surface area contributed by atoms with Crippen molar-refractivity contribution in [3.05, 3.63) is 11.6 Å². The topological polar surface area (TPSA) is 80.5 Å². The first-order chi connectivity index (χ1) is 5.36. The van der Waals surface area contributed by atoms with Crippen LogP contribution in [-0.2, 0) is 0 Å². The molecule has 5 nitrogen and oxygen atoms in total. The molecule has 2 rings (SSSR count). The predicted octanol–water partition coefficient (Wildman–Crippen LogP) is 0.510. The Bertz CT molecular complexity index is 337. The molecule has 0 unspecified atom stereocenters. The number of nitrogen functional groups attached to an aromatic ring is 1. The van der Waals surface area contributed by atoms with E-state index in [9.17, 15) is 0 Å². The van der Waals surface area contributed by atoms with Crippen molar-refractivity contribution >= 4 is 16.5 Å². The van der Waals surface area contributed by atoms with E-state index < -0.39 is 0 Å². The molecule has 2 aromatic heterocycles. The largest absolute Gasteiger partial charge is 0.375 e. The third-order valence-corrected chi connectivity index (χ3v) is 1.88. The van der Waals surface area contributed by atoms with Crippen LogP contribution in [0.1, 0.15) is 0 Å². The van der Waals surface area contributed by atoms with Crippen LogP contribution in [0.25, 0.3) is 11.4 Å². The van der Waals surface area contributed by atoms with Crippen LogP contribution >= 0.6 is 11.3 Å². The summed E-state index contributed by atoms with van der Waals surface area (Å²) in [6.07, 6.45) is 1.68. The van der Waals surface area contributed by atoms with E-state index in [1.807, 2.05) is 5.38 Å². The van der Waals surface area contributed by atoms with Gasteiger partial charge in [0.05, 0.1) is 6.20 Å². The maximum absolute atomic E-state index is 5.43. The molecule has 0 fully saturated rings. The fourth-order valence-corrected chi connectivity index (χ4v) is 1.29. The van der Waals surface area contributed by atoms with Crippen molar-refractivity contribution in [2.75, 3.05) is 5.73 Å². The second-order valence-electron chi connectivity index (χ2n) is 1.93. The van der Waals surface area contributed by atoms with Crippen molar-refractivity contribution in [2.24, 2.45) is 0 Å². The Balaban J connectivity index is 2.45. The average Bonchev–Trinajstić information content (AvgIpc) is 2.55. The van der Waals surface area contributed by atoms with E-state index in [0.29, 0.717) is 5.13 Å². The van der Waals surface area contributed by atoms with Gasteiger partial charge >= 0.3 is 0 Å². The first-order valence-corrected chi connectivity index (χ1v) is 3.82. The number of rotatable bonds is 1. The molecule has 3 N–H and O–H groups in total. The summed E-state index contributed by atoms with van der Waals surface area (Å²) in [5.74, 6) is 0. The lowest BCUT2D eigenvalue weighted by Gasteiger charge is -1.81. The van der Waals surface area contributed by atoms with Crippen LogP contribution in [0.2, 0.25) is 0 Å². The van der Waals surface area contributed by atoms with Crippen molar-refractivity contribution in [1.82, 2.24) is 20.4 Å². The number of H-pyrrole nitrogens is 1. The first kappa shape index (κ1) is 6.29. The Morgan fingerprint density at radius 1 is 1.45 bits per heavy atom. The molecule has 2 aromatic rings. The molecule has 0 atom stereocenters. The molecule has 0 spiro atoms. The van der Waals surface area contributed by atoms with Crippen molar-refractivity contribution in [2.45, 2.75) is 0 Å². The SMILES string of the molecule is Nc1nc(-c2c[nH]nn2)cs1. The van der Waals surface area contributed by atoms with Gasteiger partial charge in [-0.2, -0.15) is 0 Å². The highest BCUT2D eigenvalue weighted by molar-refractivity contribution is 7.13. The van der Waals surface area contributed by atoms with Gasteiger partial charge in [-0.3, -0.25) is 5.10 Å². The Morgan fingerprint density at radius 3 is 2.91 bits per heavy atom. The summed E-state index contributed by atoms with van der Waals surface area (Å²) in [4.78, 5) is 4.03. The molecular formula is C5H5N5S. The van der Waals surface area contributed by atoms with Gasteiger partial charge in [0.25, 0.3) is 0 Å². The summed E-state index contributed by atoms with van der Waals surface area (Å²) in [5.41, 5.74) is 6.92. The van der Waals surface area contributed by atoms with E-state index in [2.05, 4.69) is 20.4 Å². The fourth-order valence-electron chi connectivity index (χ4n) is 0.732. The van der Waals surface area contributed by atoms with Gasteiger partial charge in [-0.1, -0.05) is 5.21 Å². The van der Waals surface area contributed by atoms with Crippen LogP contribution in [0.3, 0.4) is 0 Å². The zero-order valence-electron chi connectivity index (χ0n) is 5.48. The van der Waals surface area contributed by atoms with E-state index in [0.717, 1.165) is 11.4 Å². The third-order valence-electron chi connectivity index (χ3n) is 1.20. The van der Waals surface area contributed by atoms with Crippen LogP contribution in [0, 0.1) is 0 Å². The molecule has 0 aliphatic carbocycles. The van der Waals surface area contributed by atoms with Crippen LogP contribution in [0.4, 0.5) is 5.13 Å². The molecule has 0 radical (unpaired) electrons. The van der Waals surface area contributed by atoms with E-state index in [4.69, 9.17) is 5.73 Å². The highest BCUT2D eigenvalue weighted by Crippen LogP contribution is 2.19. The molecule has 56 valence electrons. The third kappa shape index (κ3) is 1.07. The lowest BCUT2D eigenvalue weighted by atomic mass is 10.4. The smallest absolute Gasteiger partial charge is 0.180 e. The number of aromatic nitrogens is 4. The number of nitrogens with one attached hydrogen (secondary N) is 1. The van der Waals surface area contributed by atoms with Gasteiger partial charge in [-0.05, 0) is 0 Å². The summed E-state index contributed by atoms with van der Waals surface area (Å²) < 4.78 is 0. The molecule has 6 heteroatoms. The maximum Gasteiger partial charge on any atom is 0.180 e. The lowest BCUT2D eigenvalue weighted by molar-refractivity contribution is 0.941. The number of nitrogens with two attached hydrogens (primary N) is 1. The number of hydrogen-bond acceptors (Lipinski definition) is 5. The van der Waals surface area contributed by atoms with Gasteiger partial charge in [-0.15, -0.1) is 16.4 Å². The standard InChI is InChI=1S/C5H5N5S/c6-5-8-4(2-11-5)3-1-7-10-9-3/h1-2H,(H2,6,8)(H,7,9,10). The highest BCUT2D eigenvalue weighted by atomic mass is 32.1. The molecular weight excluding hydrogens is 162 g/mol. The molecule has 0 bridgehead atoms. The number of aromatic amines is 1. The number of nitrogens with zero attached hydrogens (tertiary/aromatic N) is 3. The van der Waals surface area contributed by atoms with E-state index in [1.165, 1.54) is 11.3 Å². The Morgan fingerprint density at radius 2 is 2.36 bits per heavy atom. The zero-order chi connectivity index (χ0) is 7.68. The van der Waals surface area contributed by atoms with Crippen molar-refractivity contribution in [1.29, 1.82) is 0 Å². The van der Waals surface area contributed by atoms with Gasteiger partial charge in [-0.25, -0.2) is 4.98 Å². The number of thiazole rings is 1.